The van der Waals surface area contributed by atoms with E-state index < -0.39 is 0 Å². The third-order valence-corrected chi connectivity index (χ3v) is 3.94. The summed E-state index contributed by atoms with van der Waals surface area (Å²) in [6, 6.07) is 7.65. The fraction of sp³-hybridized carbons (Fsp3) is 0.438. The average Bonchev–Trinajstić information content (AvgIpc) is 2.52. The predicted molar refractivity (Wildman–Crippen MR) is 83.3 cm³/mol. The topological polar surface area (TPSA) is 65.8 Å². The number of nitrogens with zero attached hydrogens (tertiary/aromatic N) is 2. The summed E-state index contributed by atoms with van der Waals surface area (Å²) in [6.07, 6.45) is 0.768. The standard InChI is InChI=1S/C16H21N3O2/c1-11(18-2)14-8-9-19(16(20)15(14)17)10-12-4-6-13(21-3)7-5-12/h4-7,14,17H,8-10H2,1-3H3. The highest BCUT2D eigenvalue weighted by atomic mass is 16.5. The van der Waals surface area contributed by atoms with Gasteiger partial charge in [-0.05, 0) is 31.0 Å². The van der Waals surface area contributed by atoms with Crippen molar-refractivity contribution >= 4 is 17.3 Å². The van der Waals surface area contributed by atoms with E-state index in [0.717, 1.165) is 23.4 Å². The van der Waals surface area contributed by atoms with Crippen molar-refractivity contribution < 1.29 is 9.53 Å². The number of aliphatic imine (C=N–C) groups is 1. The highest BCUT2D eigenvalue weighted by molar-refractivity contribution is 6.42. The molecule has 0 aliphatic carbocycles. The van der Waals surface area contributed by atoms with Crippen molar-refractivity contribution in [1.82, 2.24) is 4.90 Å². The zero-order valence-electron chi connectivity index (χ0n) is 12.7. The van der Waals surface area contributed by atoms with Crippen LogP contribution in [-0.2, 0) is 11.3 Å². The molecule has 0 aromatic heterocycles. The first-order chi connectivity index (χ1) is 10.1. The lowest BCUT2D eigenvalue weighted by Gasteiger charge is -2.32. The van der Waals surface area contributed by atoms with Crippen molar-refractivity contribution in [3.8, 4) is 5.75 Å². The second-order valence-corrected chi connectivity index (χ2v) is 5.19. The van der Waals surface area contributed by atoms with Crippen molar-refractivity contribution in [1.29, 1.82) is 5.41 Å². The lowest BCUT2D eigenvalue weighted by atomic mass is 9.90. The number of carbonyl (C=O) groups excluding carboxylic acids is 1. The number of rotatable bonds is 4. The SMILES string of the molecule is CN=C(C)C1CCN(Cc2ccc(OC)cc2)C(=O)C1=N. The number of hydrogen-bond acceptors (Lipinski definition) is 4. The van der Waals surface area contributed by atoms with E-state index >= 15 is 0 Å². The molecule has 0 radical (unpaired) electrons. The smallest absolute Gasteiger partial charge is 0.268 e. The molecule has 1 aromatic carbocycles. The molecule has 1 N–H and O–H groups in total. The van der Waals surface area contributed by atoms with Crippen LogP contribution >= 0.6 is 0 Å². The first-order valence-electron chi connectivity index (χ1n) is 7.00. The number of benzene rings is 1. The van der Waals surface area contributed by atoms with Gasteiger partial charge in [0.05, 0.1) is 7.11 Å². The van der Waals surface area contributed by atoms with Crippen LogP contribution in [0.1, 0.15) is 18.9 Å². The number of likely N-dealkylation sites (tertiary alicyclic amines) is 1. The Morgan fingerprint density at radius 3 is 2.67 bits per heavy atom. The molecule has 2 rings (SSSR count). The van der Waals surface area contributed by atoms with E-state index in [9.17, 15) is 4.79 Å². The van der Waals surface area contributed by atoms with Gasteiger partial charge in [0.15, 0.2) is 0 Å². The zero-order valence-corrected chi connectivity index (χ0v) is 12.7. The van der Waals surface area contributed by atoms with E-state index in [1.807, 2.05) is 31.2 Å². The van der Waals surface area contributed by atoms with Crippen LogP contribution in [0, 0.1) is 11.3 Å². The summed E-state index contributed by atoms with van der Waals surface area (Å²) in [6.45, 7) is 3.07. The number of carbonyl (C=O) groups is 1. The highest BCUT2D eigenvalue weighted by Gasteiger charge is 2.32. The second kappa shape index (κ2) is 6.52. The molecule has 1 fully saturated rings. The van der Waals surface area contributed by atoms with Crippen LogP contribution in [0.3, 0.4) is 0 Å². The molecule has 1 aliphatic heterocycles. The number of ether oxygens (including phenoxy) is 1. The van der Waals surface area contributed by atoms with Gasteiger partial charge in [-0.2, -0.15) is 0 Å². The Morgan fingerprint density at radius 2 is 2.10 bits per heavy atom. The first-order valence-corrected chi connectivity index (χ1v) is 7.00. The number of piperidine rings is 1. The van der Waals surface area contributed by atoms with Crippen LogP contribution in [0.15, 0.2) is 29.3 Å². The molecule has 112 valence electrons. The molecular formula is C16H21N3O2. The summed E-state index contributed by atoms with van der Waals surface area (Å²) in [5.41, 5.74) is 2.05. The normalized spacial score (nSPS) is 19.9. The molecule has 0 saturated carbocycles. The quantitative estimate of drug-likeness (QED) is 0.862. The number of methoxy groups -OCH3 is 1. The minimum atomic E-state index is -0.190. The minimum absolute atomic E-state index is 0.130. The van der Waals surface area contributed by atoms with Gasteiger partial charge >= 0.3 is 0 Å². The fourth-order valence-electron chi connectivity index (χ4n) is 2.53. The summed E-state index contributed by atoms with van der Waals surface area (Å²) in [7, 11) is 3.33. The van der Waals surface area contributed by atoms with Gasteiger partial charge in [-0.3, -0.25) is 15.2 Å². The van der Waals surface area contributed by atoms with E-state index in [0.29, 0.717) is 13.1 Å². The Hall–Kier alpha value is -2.17. The molecule has 1 heterocycles. The molecule has 1 saturated heterocycles. The Balaban J connectivity index is 2.05. The summed E-state index contributed by atoms with van der Waals surface area (Å²) in [5, 5.41) is 8.05. The van der Waals surface area contributed by atoms with Crippen molar-refractivity contribution in [2.75, 3.05) is 20.7 Å². The van der Waals surface area contributed by atoms with Crippen LogP contribution in [0.2, 0.25) is 0 Å². The molecule has 1 amide bonds. The van der Waals surface area contributed by atoms with Crippen LogP contribution in [0.25, 0.3) is 0 Å². The van der Waals surface area contributed by atoms with Crippen molar-refractivity contribution in [3.05, 3.63) is 29.8 Å². The van der Waals surface area contributed by atoms with Gasteiger partial charge in [0.1, 0.15) is 11.5 Å². The zero-order chi connectivity index (χ0) is 15.4. The Bertz CT molecular complexity index is 563. The van der Waals surface area contributed by atoms with E-state index in [1.165, 1.54) is 0 Å². The molecule has 5 heteroatoms. The molecule has 5 nitrogen and oxygen atoms in total. The number of amides is 1. The van der Waals surface area contributed by atoms with Gasteiger partial charge < -0.3 is 9.64 Å². The molecule has 1 unspecified atom stereocenters. The summed E-state index contributed by atoms with van der Waals surface area (Å²) >= 11 is 0. The molecule has 0 bridgehead atoms. The van der Waals surface area contributed by atoms with Crippen molar-refractivity contribution in [2.24, 2.45) is 10.9 Å². The van der Waals surface area contributed by atoms with Crippen LogP contribution < -0.4 is 4.74 Å². The third-order valence-electron chi connectivity index (χ3n) is 3.94. The molecule has 21 heavy (non-hydrogen) atoms. The predicted octanol–water partition coefficient (Wildman–Crippen LogP) is 2.15. The van der Waals surface area contributed by atoms with Gasteiger partial charge in [0.25, 0.3) is 5.91 Å². The van der Waals surface area contributed by atoms with E-state index in [4.69, 9.17) is 10.1 Å². The van der Waals surface area contributed by atoms with E-state index in [-0.39, 0.29) is 17.5 Å². The Labute approximate surface area is 125 Å². The van der Waals surface area contributed by atoms with Crippen molar-refractivity contribution in [3.63, 3.8) is 0 Å². The van der Waals surface area contributed by atoms with E-state index in [2.05, 4.69) is 4.99 Å². The molecule has 0 spiro atoms. The molecule has 1 aliphatic rings. The van der Waals surface area contributed by atoms with Gasteiger partial charge in [-0.25, -0.2) is 0 Å². The van der Waals surface area contributed by atoms with Gasteiger partial charge in [-0.1, -0.05) is 12.1 Å². The summed E-state index contributed by atoms with van der Waals surface area (Å²) in [5.74, 6) is 0.478. The minimum Gasteiger partial charge on any atom is -0.497 e. The van der Waals surface area contributed by atoms with E-state index in [1.54, 1.807) is 19.1 Å². The third kappa shape index (κ3) is 3.29. The molecule has 1 atom stereocenters. The lowest BCUT2D eigenvalue weighted by Crippen LogP contribution is -2.47. The monoisotopic (exact) mass is 287 g/mol. The Morgan fingerprint density at radius 1 is 1.43 bits per heavy atom. The summed E-state index contributed by atoms with van der Waals surface area (Å²) in [4.78, 5) is 18.1. The van der Waals surface area contributed by atoms with Gasteiger partial charge in [-0.15, -0.1) is 0 Å². The maximum atomic E-state index is 12.3. The highest BCUT2D eigenvalue weighted by Crippen LogP contribution is 2.20. The lowest BCUT2D eigenvalue weighted by molar-refractivity contribution is -0.126. The molecule has 1 aromatic rings. The largest absolute Gasteiger partial charge is 0.497 e. The molecular weight excluding hydrogens is 266 g/mol. The summed E-state index contributed by atoms with van der Waals surface area (Å²) < 4.78 is 5.12. The maximum Gasteiger partial charge on any atom is 0.268 e. The fourth-order valence-corrected chi connectivity index (χ4v) is 2.53. The first kappa shape index (κ1) is 15.2. The number of hydrogen-bond donors (Lipinski definition) is 1. The van der Waals surface area contributed by atoms with Crippen LogP contribution in [0.4, 0.5) is 0 Å². The second-order valence-electron chi connectivity index (χ2n) is 5.19. The maximum absolute atomic E-state index is 12.3. The van der Waals surface area contributed by atoms with Gasteiger partial charge in [0.2, 0.25) is 0 Å². The average molecular weight is 287 g/mol. The Kier molecular flexibility index (Phi) is 4.73. The van der Waals surface area contributed by atoms with Crippen LogP contribution in [-0.4, -0.2) is 42.9 Å². The van der Waals surface area contributed by atoms with Crippen molar-refractivity contribution in [2.45, 2.75) is 19.9 Å². The van der Waals surface area contributed by atoms with Crippen LogP contribution in [0.5, 0.6) is 5.75 Å². The van der Waals surface area contributed by atoms with Gasteiger partial charge in [0, 0.05) is 31.8 Å². The number of nitrogens with one attached hydrogen (secondary N) is 1.